The van der Waals surface area contributed by atoms with Crippen LogP contribution < -0.4 is 10.1 Å². The van der Waals surface area contributed by atoms with Gasteiger partial charge in [-0.25, -0.2) is 0 Å². The van der Waals surface area contributed by atoms with Gasteiger partial charge in [0.15, 0.2) is 0 Å². The Labute approximate surface area is 154 Å². The van der Waals surface area contributed by atoms with Crippen LogP contribution in [0.2, 0.25) is 0 Å². The number of hydrogen-bond donors (Lipinski definition) is 1. The monoisotopic (exact) mass is 351 g/mol. The molecule has 1 unspecified atom stereocenters. The Morgan fingerprint density at radius 1 is 1.04 bits per heavy atom. The molecular weight excluding hydrogens is 326 g/mol. The van der Waals surface area contributed by atoms with Crippen molar-refractivity contribution in [1.82, 2.24) is 15.5 Å². The lowest BCUT2D eigenvalue weighted by Crippen LogP contribution is -2.32. The molecule has 5 nitrogen and oxygen atoms in total. The van der Waals surface area contributed by atoms with E-state index in [0.29, 0.717) is 18.3 Å². The fourth-order valence-electron chi connectivity index (χ4n) is 2.94. The van der Waals surface area contributed by atoms with Crippen molar-refractivity contribution in [3.8, 4) is 17.1 Å². The largest absolute Gasteiger partial charge is 0.497 e. The average molecular weight is 351 g/mol. The molecule has 0 aliphatic heterocycles. The first-order chi connectivity index (χ1) is 12.5. The standard InChI is InChI=1S/C21H25N3O2/c1-21(2,3)19(15-8-6-5-7-9-15)22-14-18-23-20(24-26-18)16-10-12-17(25-4)13-11-16/h5-13,19,22H,14H2,1-4H3. The molecule has 0 spiro atoms. The van der Waals surface area contributed by atoms with Crippen LogP contribution in [0.1, 0.15) is 38.3 Å². The molecule has 1 aromatic heterocycles. The highest BCUT2D eigenvalue weighted by atomic mass is 16.5. The topological polar surface area (TPSA) is 60.2 Å². The Morgan fingerprint density at radius 3 is 2.35 bits per heavy atom. The Morgan fingerprint density at radius 2 is 1.73 bits per heavy atom. The molecule has 3 rings (SSSR count). The van der Waals surface area contributed by atoms with E-state index >= 15 is 0 Å². The van der Waals surface area contributed by atoms with Crippen LogP contribution in [0.3, 0.4) is 0 Å². The zero-order valence-electron chi connectivity index (χ0n) is 15.7. The Balaban J connectivity index is 1.71. The highest BCUT2D eigenvalue weighted by Crippen LogP contribution is 2.32. The maximum atomic E-state index is 5.42. The second-order valence-corrected chi connectivity index (χ2v) is 7.33. The summed E-state index contributed by atoms with van der Waals surface area (Å²) in [6.07, 6.45) is 0. The smallest absolute Gasteiger partial charge is 0.240 e. The molecule has 136 valence electrons. The summed E-state index contributed by atoms with van der Waals surface area (Å²) in [6.45, 7) is 7.16. The van der Waals surface area contributed by atoms with E-state index in [1.54, 1.807) is 7.11 Å². The van der Waals surface area contributed by atoms with E-state index in [0.717, 1.165) is 11.3 Å². The van der Waals surface area contributed by atoms with Crippen LogP contribution in [0.15, 0.2) is 59.1 Å². The van der Waals surface area contributed by atoms with Crippen molar-refractivity contribution in [2.45, 2.75) is 33.4 Å². The van der Waals surface area contributed by atoms with Crippen molar-refractivity contribution >= 4 is 0 Å². The molecule has 1 N–H and O–H groups in total. The molecule has 0 fully saturated rings. The van der Waals surface area contributed by atoms with E-state index in [2.05, 4.69) is 60.5 Å². The van der Waals surface area contributed by atoms with Crippen LogP contribution in [0.25, 0.3) is 11.4 Å². The van der Waals surface area contributed by atoms with Gasteiger partial charge in [-0.3, -0.25) is 0 Å². The van der Waals surface area contributed by atoms with Gasteiger partial charge in [-0.15, -0.1) is 0 Å². The number of nitrogens with one attached hydrogen (secondary N) is 1. The van der Waals surface area contributed by atoms with Gasteiger partial charge in [-0.2, -0.15) is 4.98 Å². The Hall–Kier alpha value is -2.66. The van der Waals surface area contributed by atoms with Crippen LogP contribution in [0.4, 0.5) is 0 Å². The lowest BCUT2D eigenvalue weighted by molar-refractivity contribution is 0.257. The van der Waals surface area contributed by atoms with Gasteiger partial charge in [0.25, 0.3) is 0 Å². The van der Waals surface area contributed by atoms with Crippen LogP contribution >= 0.6 is 0 Å². The summed E-state index contributed by atoms with van der Waals surface area (Å²) in [6, 6.07) is 18.2. The quantitative estimate of drug-likeness (QED) is 0.702. The van der Waals surface area contributed by atoms with Crippen LogP contribution in [0.5, 0.6) is 5.75 Å². The third-order valence-corrected chi connectivity index (χ3v) is 4.27. The van der Waals surface area contributed by atoms with E-state index in [-0.39, 0.29) is 11.5 Å². The molecule has 1 heterocycles. The SMILES string of the molecule is COc1ccc(-c2noc(CNC(c3ccccc3)C(C)(C)C)n2)cc1. The highest BCUT2D eigenvalue weighted by molar-refractivity contribution is 5.55. The minimum atomic E-state index is 0.0557. The molecule has 0 aliphatic carbocycles. The molecule has 0 saturated carbocycles. The van der Waals surface area contributed by atoms with Crippen molar-refractivity contribution in [2.75, 3.05) is 7.11 Å². The first-order valence-corrected chi connectivity index (χ1v) is 8.73. The Kier molecular flexibility index (Phi) is 5.38. The number of aromatic nitrogens is 2. The number of rotatable bonds is 6. The minimum Gasteiger partial charge on any atom is -0.497 e. The molecule has 0 aliphatic rings. The summed E-state index contributed by atoms with van der Waals surface area (Å²) in [7, 11) is 1.64. The maximum Gasteiger partial charge on any atom is 0.240 e. The van der Waals surface area contributed by atoms with Crippen LogP contribution in [0, 0.1) is 5.41 Å². The predicted octanol–water partition coefficient (Wildman–Crippen LogP) is 4.62. The molecule has 0 saturated heterocycles. The summed E-state index contributed by atoms with van der Waals surface area (Å²) in [4.78, 5) is 4.50. The lowest BCUT2D eigenvalue weighted by atomic mass is 9.82. The highest BCUT2D eigenvalue weighted by Gasteiger charge is 2.26. The molecule has 1 atom stereocenters. The maximum absolute atomic E-state index is 5.42. The fraction of sp³-hybridized carbons (Fsp3) is 0.333. The molecule has 3 aromatic rings. The number of ether oxygens (including phenoxy) is 1. The number of benzene rings is 2. The zero-order valence-corrected chi connectivity index (χ0v) is 15.7. The fourth-order valence-corrected chi connectivity index (χ4v) is 2.94. The molecule has 5 heteroatoms. The molecule has 2 aromatic carbocycles. The van der Waals surface area contributed by atoms with E-state index < -0.39 is 0 Å². The third kappa shape index (κ3) is 4.29. The van der Waals surface area contributed by atoms with Gasteiger partial charge < -0.3 is 14.6 Å². The van der Waals surface area contributed by atoms with Gasteiger partial charge >= 0.3 is 0 Å². The predicted molar refractivity (Wildman–Crippen MR) is 102 cm³/mol. The molecule has 0 bridgehead atoms. The van der Waals surface area contributed by atoms with E-state index in [1.807, 2.05) is 30.3 Å². The van der Waals surface area contributed by atoms with Gasteiger partial charge in [-0.05, 0) is 35.2 Å². The summed E-state index contributed by atoms with van der Waals surface area (Å²) >= 11 is 0. The third-order valence-electron chi connectivity index (χ3n) is 4.27. The zero-order chi connectivity index (χ0) is 18.6. The van der Waals surface area contributed by atoms with Gasteiger partial charge in [0.2, 0.25) is 11.7 Å². The molecule has 0 amide bonds. The summed E-state index contributed by atoms with van der Waals surface area (Å²) in [5, 5.41) is 7.65. The van der Waals surface area contributed by atoms with Crippen LogP contribution in [-0.2, 0) is 6.54 Å². The first-order valence-electron chi connectivity index (χ1n) is 8.73. The van der Waals surface area contributed by atoms with Gasteiger partial charge in [-0.1, -0.05) is 56.3 Å². The number of hydrogen-bond acceptors (Lipinski definition) is 5. The van der Waals surface area contributed by atoms with Crippen molar-refractivity contribution in [2.24, 2.45) is 5.41 Å². The van der Waals surface area contributed by atoms with Crippen LogP contribution in [-0.4, -0.2) is 17.3 Å². The van der Waals surface area contributed by atoms with Gasteiger partial charge in [0.1, 0.15) is 5.75 Å². The lowest BCUT2D eigenvalue weighted by Gasteiger charge is -2.31. The van der Waals surface area contributed by atoms with E-state index in [1.165, 1.54) is 5.56 Å². The van der Waals surface area contributed by atoms with Gasteiger partial charge in [0, 0.05) is 11.6 Å². The summed E-state index contributed by atoms with van der Waals surface area (Å²) in [5.41, 5.74) is 2.20. The normalized spacial score (nSPS) is 12.8. The van der Waals surface area contributed by atoms with Crippen molar-refractivity contribution < 1.29 is 9.26 Å². The van der Waals surface area contributed by atoms with Crippen molar-refractivity contribution in [3.63, 3.8) is 0 Å². The summed E-state index contributed by atoms with van der Waals surface area (Å²) in [5.74, 6) is 1.95. The minimum absolute atomic E-state index is 0.0557. The number of nitrogens with zero attached hydrogens (tertiary/aromatic N) is 2. The van der Waals surface area contributed by atoms with E-state index in [4.69, 9.17) is 9.26 Å². The molecule has 0 radical (unpaired) electrons. The van der Waals surface area contributed by atoms with Gasteiger partial charge in [0.05, 0.1) is 13.7 Å². The molecule has 26 heavy (non-hydrogen) atoms. The van der Waals surface area contributed by atoms with Crippen molar-refractivity contribution in [1.29, 1.82) is 0 Å². The molecular formula is C21H25N3O2. The second-order valence-electron chi connectivity index (χ2n) is 7.33. The second kappa shape index (κ2) is 7.70. The van der Waals surface area contributed by atoms with E-state index in [9.17, 15) is 0 Å². The Bertz CT molecular complexity index is 820. The summed E-state index contributed by atoms with van der Waals surface area (Å²) < 4.78 is 10.6. The number of methoxy groups -OCH3 is 1. The average Bonchev–Trinajstić information content (AvgIpc) is 3.11. The first kappa shape index (κ1) is 18.1. The van der Waals surface area contributed by atoms with Crippen molar-refractivity contribution in [3.05, 3.63) is 66.1 Å².